The second-order valence-corrected chi connectivity index (χ2v) is 8.45. The van der Waals surface area contributed by atoms with E-state index in [1.54, 1.807) is 25.5 Å². The molecule has 1 aliphatic rings. The molecule has 4 aromatic rings. The van der Waals surface area contributed by atoms with E-state index in [1.807, 2.05) is 6.07 Å². The summed E-state index contributed by atoms with van der Waals surface area (Å²) in [6.07, 6.45) is 5.72. The van der Waals surface area contributed by atoms with Crippen molar-refractivity contribution in [2.24, 2.45) is 7.05 Å². The van der Waals surface area contributed by atoms with E-state index in [0.717, 1.165) is 42.5 Å². The summed E-state index contributed by atoms with van der Waals surface area (Å²) in [6, 6.07) is 8.43. The number of aromatic hydroxyl groups is 1. The topological polar surface area (TPSA) is 70.3 Å². The van der Waals surface area contributed by atoms with Crippen LogP contribution in [-0.2, 0) is 7.05 Å². The fraction of sp³-hybridized carbons (Fsp3) is 0.348. The maximum atomic E-state index is 14.6. The summed E-state index contributed by atoms with van der Waals surface area (Å²) < 4.78 is 16.1. The van der Waals surface area contributed by atoms with Crippen LogP contribution in [0.1, 0.15) is 12.8 Å². The van der Waals surface area contributed by atoms with E-state index in [4.69, 9.17) is 0 Å². The second kappa shape index (κ2) is 7.46. The Hall–Kier alpha value is -3.26. The molecule has 0 bridgehead atoms. The van der Waals surface area contributed by atoms with Gasteiger partial charge in [-0.1, -0.05) is 0 Å². The molecule has 0 aliphatic carbocycles. The molecule has 160 valence electrons. The number of phenols is 1. The van der Waals surface area contributed by atoms with E-state index < -0.39 is 11.6 Å². The van der Waals surface area contributed by atoms with Crippen molar-refractivity contribution in [3.05, 3.63) is 42.5 Å². The number of fused-ring (bicyclic) bond motifs is 2. The van der Waals surface area contributed by atoms with E-state index in [9.17, 15) is 9.50 Å². The number of piperidine rings is 1. The summed E-state index contributed by atoms with van der Waals surface area (Å²) in [6.45, 7) is 2.04. The molecule has 1 aliphatic heterocycles. The van der Waals surface area contributed by atoms with Crippen LogP contribution in [0.15, 0.2) is 36.7 Å². The van der Waals surface area contributed by atoms with Crippen molar-refractivity contribution in [3.63, 3.8) is 0 Å². The number of hydrogen-bond donors (Lipinski definition) is 1. The van der Waals surface area contributed by atoms with Crippen molar-refractivity contribution in [1.29, 1.82) is 0 Å². The van der Waals surface area contributed by atoms with Gasteiger partial charge in [0.2, 0.25) is 0 Å². The summed E-state index contributed by atoms with van der Waals surface area (Å²) in [4.78, 5) is 13.7. The lowest BCUT2D eigenvalue weighted by Gasteiger charge is -2.36. The van der Waals surface area contributed by atoms with E-state index in [0.29, 0.717) is 11.4 Å². The molecular weight excluding hydrogens is 395 g/mol. The quantitative estimate of drug-likeness (QED) is 0.547. The SMILES string of the molecule is CN(C)C1CCN(c2ccc3nc(-c4cc5cn(C)nc5c(F)c4O)ncc3c2)CC1. The number of benzene rings is 2. The minimum Gasteiger partial charge on any atom is -0.504 e. The third-order valence-electron chi connectivity index (χ3n) is 6.19. The molecular formula is C23H25FN6O. The zero-order valence-electron chi connectivity index (χ0n) is 17.9. The van der Waals surface area contributed by atoms with Crippen molar-refractivity contribution in [2.45, 2.75) is 18.9 Å². The molecule has 0 saturated carbocycles. The third-order valence-corrected chi connectivity index (χ3v) is 6.19. The molecule has 7 nitrogen and oxygen atoms in total. The summed E-state index contributed by atoms with van der Waals surface area (Å²) >= 11 is 0. The average molecular weight is 420 g/mol. The number of aryl methyl sites for hydroxylation is 1. The molecule has 0 amide bonds. The van der Waals surface area contributed by atoms with E-state index in [1.165, 1.54) is 4.68 Å². The van der Waals surface area contributed by atoms with Gasteiger partial charge in [-0.2, -0.15) is 5.10 Å². The molecule has 2 aromatic heterocycles. The minimum atomic E-state index is -0.756. The first-order valence-corrected chi connectivity index (χ1v) is 10.4. The highest BCUT2D eigenvalue weighted by atomic mass is 19.1. The van der Waals surface area contributed by atoms with Crippen molar-refractivity contribution in [2.75, 3.05) is 32.1 Å². The average Bonchev–Trinajstić information content (AvgIpc) is 3.16. The third kappa shape index (κ3) is 3.46. The molecule has 1 N–H and O–H groups in total. The lowest BCUT2D eigenvalue weighted by Crippen LogP contribution is -2.41. The Bertz CT molecular complexity index is 1280. The summed E-state index contributed by atoms with van der Waals surface area (Å²) in [5.41, 5.74) is 2.30. The van der Waals surface area contributed by atoms with Crippen LogP contribution in [0.5, 0.6) is 5.75 Å². The fourth-order valence-corrected chi connectivity index (χ4v) is 4.40. The normalized spacial score (nSPS) is 15.5. The van der Waals surface area contributed by atoms with Crippen molar-refractivity contribution >= 4 is 27.5 Å². The number of halogens is 1. The van der Waals surface area contributed by atoms with Gasteiger partial charge in [-0.3, -0.25) is 4.68 Å². The largest absolute Gasteiger partial charge is 0.504 e. The highest BCUT2D eigenvalue weighted by Crippen LogP contribution is 2.35. The number of anilines is 1. The van der Waals surface area contributed by atoms with Crippen molar-refractivity contribution < 1.29 is 9.50 Å². The standard InChI is InChI=1S/C23H25FN6O/c1-28(2)16-6-8-30(9-7-16)17-4-5-19-14(10-17)12-25-23(26-19)18-11-15-13-29(3)27-21(15)20(24)22(18)31/h4-5,10-13,16,31H,6-9H2,1-3H3. The zero-order valence-corrected chi connectivity index (χ0v) is 17.9. The molecule has 8 heteroatoms. The molecule has 2 aromatic carbocycles. The predicted octanol–water partition coefficient (Wildman–Crippen LogP) is 3.56. The zero-order chi connectivity index (χ0) is 21.7. The van der Waals surface area contributed by atoms with E-state index >= 15 is 0 Å². The first-order chi connectivity index (χ1) is 14.9. The van der Waals surface area contributed by atoms with Gasteiger partial charge in [0.25, 0.3) is 0 Å². The van der Waals surface area contributed by atoms with Gasteiger partial charge in [-0.05, 0) is 51.2 Å². The Morgan fingerprint density at radius 3 is 2.65 bits per heavy atom. The van der Waals surface area contributed by atoms with Crippen LogP contribution in [0.3, 0.4) is 0 Å². The molecule has 1 fully saturated rings. The van der Waals surface area contributed by atoms with Gasteiger partial charge in [0.1, 0.15) is 5.52 Å². The minimum absolute atomic E-state index is 0.132. The van der Waals surface area contributed by atoms with Gasteiger partial charge in [0.05, 0.1) is 11.1 Å². The number of phenolic OH excluding ortho intramolecular Hbond substituents is 1. The predicted molar refractivity (Wildman–Crippen MR) is 120 cm³/mol. The van der Waals surface area contributed by atoms with Gasteiger partial charge in [-0.25, -0.2) is 14.4 Å². The number of rotatable bonds is 3. The Kier molecular flexibility index (Phi) is 4.74. The Labute approximate surface area is 179 Å². The van der Waals surface area contributed by atoms with Gasteiger partial charge >= 0.3 is 0 Å². The van der Waals surface area contributed by atoms with Crippen LogP contribution in [0, 0.1) is 5.82 Å². The maximum absolute atomic E-state index is 14.6. The first-order valence-electron chi connectivity index (χ1n) is 10.4. The number of nitrogens with zero attached hydrogens (tertiary/aromatic N) is 6. The molecule has 31 heavy (non-hydrogen) atoms. The number of aromatic nitrogens is 4. The summed E-state index contributed by atoms with van der Waals surface area (Å²) in [7, 11) is 5.99. The van der Waals surface area contributed by atoms with Crippen LogP contribution in [0.25, 0.3) is 33.2 Å². The molecule has 0 spiro atoms. The highest BCUT2D eigenvalue weighted by Gasteiger charge is 2.22. The van der Waals surface area contributed by atoms with Gasteiger partial charge in [0.15, 0.2) is 17.4 Å². The molecule has 0 atom stereocenters. The summed E-state index contributed by atoms with van der Waals surface area (Å²) in [5, 5.41) is 16.0. The Morgan fingerprint density at radius 1 is 1.13 bits per heavy atom. The van der Waals surface area contributed by atoms with Gasteiger partial charge in [0, 0.05) is 55.0 Å². The molecule has 5 rings (SSSR count). The van der Waals surface area contributed by atoms with Crippen LogP contribution < -0.4 is 4.90 Å². The van der Waals surface area contributed by atoms with Crippen LogP contribution in [0.4, 0.5) is 10.1 Å². The first kappa shape index (κ1) is 19.7. The maximum Gasteiger partial charge on any atom is 0.193 e. The van der Waals surface area contributed by atoms with Crippen molar-refractivity contribution in [3.8, 4) is 17.1 Å². The molecule has 1 saturated heterocycles. The highest BCUT2D eigenvalue weighted by molar-refractivity contribution is 5.89. The van der Waals surface area contributed by atoms with Gasteiger partial charge < -0.3 is 14.9 Å². The monoisotopic (exact) mass is 420 g/mol. The van der Waals surface area contributed by atoms with Crippen LogP contribution in [0.2, 0.25) is 0 Å². The van der Waals surface area contributed by atoms with Crippen LogP contribution in [-0.4, -0.2) is 63.0 Å². The number of hydrogen-bond acceptors (Lipinski definition) is 6. The molecule has 3 heterocycles. The lowest BCUT2D eigenvalue weighted by atomic mass is 10.0. The van der Waals surface area contributed by atoms with E-state index in [-0.39, 0.29) is 16.9 Å². The smallest absolute Gasteiger partial charge is 0.193 e. The van der Waals surface area contributed by atoms with Gasteiger partial charge in [-0.15, -0.1) is 0 Å². The Balaban J connectivity index is 1.47. The molecule has 0 radical (unpaired) electrons. The summed E-state index contributed by atoms with van der Waals surface area (Å²) in [5.74, 6) is -0.951. The van der Waals surface area contributed by atoms with Crippen LogP contribution >= 0.6 is 0 Å². The second-order valence-electron chi connectivity index (χ2n) is 8.45. The fourth-order valence-electron chi connectivity index (χ4n) is 4.40. The lowest BCUT2D eigenvalue weighted by molar-refractivity contribution is 0.249. The van der Waals surface area contributed by atoms with E-state index in [2.05, 4.69) is 51.1 Å². The Morgan fingerprint density at radius 2 is 1.90 bits per heavy atom. The molecule has 0 unspecified atom stereocenters. The van der Waals surface area contributed by atoms with Crippen molar-refractivity contribution in [1.82, 2.24) is 24.6 Å².